The Morgan fingerprint density at radius 2 is 1.77 bits per heavy atom. The largest absolute Gasteiger partial charge is 0.465 e. The van der Waals surface area contributed by atoms with E-state index < -0.39 is 16.0 Å². The Morgan fingerprint density at radius 1 is 1.00 bits per heavy atom. The van der Waals surface area contributed by atoms with E-state index in [0.29, 0.717) is 21.9 Å². The highest BCUT2D eigenvalue weighted by Crippen LogP contribution is 2.33. The smallest absolute Gasteiger partial charge is 0.338 e. The van der Waals surface area contributed by atoms with Gasteiger partial charge in [-0.1, -0.05) is 24.3 Å². The van der Waals surface area contributed by atoms with Gasteiger partial charge in [-0.3, -0.25) is 0 Å². The summed E-state index contributed by atoms with van der Waals surface area (Å²) < 4.78 is 32.6. The lowest BCUT2D eigenvalue weighted by molar-refractivity contribution is 0.0603. The maximum atomic E-state index is 13.3. The maximum Gasteiger partial charge on any atom is 0.338 e. The summed E-state index contributed by atoms with van der Waals surface area (Å²) in [7, 11) is -2.60. The summed E-state index contributed by atoms with van der Waals surface area (Å²) >= 11 is 0. The fourth-order valence-corrected chi connectivity index (χ4v) is 4.58. The fraction of sp³-hybridized carbons (Fsp3) is 0.0526. The van der Waals surface area contributed by atoms with Crippen LogP contribution in [-0.4, -0.2) is 30.5 Å². The molecule has 0 radical (unpaired) electrons. The van der Waals surface area contributed by atoms with Crippen molar-refractivity contribution in [3.63, 3.8) is 0 Å². The van der Waals surface area contributed by atoms with Crippen molar-refractivity contribution in [1.29, 1.82) is 0 Å². The van der Waals surface area contributed by atoms with Crippen molar-refractivity contribution in [1.82, 2.24) is 8.96 Å². The number of hydrogen-bond donors (Lipinski definition) is 0. The molecule has 0 unspecified atom stereocenters. The third-order valence-electron chi connectivity index (χ3n) is 4.20. The van der Waals surface area contributed by atoms with Crippen LogP contribution in [0.2, 0.25) is 0 Å². The van der Waals surface area contributed by atoms with Crippen LogP contribution in [0.15, 0.2) is 71.8 Å². The van der Waals surface area contributed by atoms with Crippen LogP contribution in [0.5, 0.6) is 0 Å². The summed E-state index contributed by atoms with van der Waals surface area (Å²) in [5.41, 5.74) is 0.943. The molecule has 4 aromatic rings. The number of carbonyl (C=O) groups excluding carboxylic acids is 1. The molecule has 2 aromatic heterocycles. The Balaban J connectivity index is 2.18. The average Bonchev–Trinajstić information content (AvgIpc) is 3.03. The SMILES string of the molecule is COC(=O)c1cccc2c1c1cccnc1n2S(=O)(=O)c1ccccc1. The molecule has 0 N–H and O–H groups in total. The summed E-state index contributed by atoms with van der Waals surface area (Å²) in [6, 6.07) is 16.5. The minimum Gasteiger partial charge on any atom is -0.465 e. The predicted octanol–water partition coefficient (Wildman–Crippen LogP) is 3.21. The molecule has 0 bridgehead atoms. The molecule has 2 heterocycles. The van der Waals surface area contributed by atoms with E-state index in [1.165, 1.54) is 29.4 Å². The summed E-state index contributed by atoms with van der Waals surface area (Å²) in [6.07, 6.45) is 1.52. The third kappa shape index (κ3) is 2.28. The number of methoxy groups -OCH3 is 1. The van der Waals surface area contributed by atoms with Gasteiger partial charge in [0.2, 0.25) is 0 Å². The van der Waals surface area contributed by atoms with E-state index >= 15 is 0 Å². The van der Waals surface area contributed by atoms with Crippen molar-refractivity contribution in [2.75, 3.05) is 7.11 Å². The molecule has 0 aliphatic rings. The first-order valence-corrected chi connectivity index (χ1v) is 9.27. The monoisotopic (exact) mass is 366 g/mol. The van der Waals surface area contributed by atoms with Crippen LogP contribution in [0.25, 0.3) is 21.9 Å². The number of carbonyl (C=O) groups is 1. The second kappa shape index (κ2) is 5.96. The maximum absolute atomic E-state index is 13.3. The number of pyridine rings is 1. The average molecular weight is 366 g/mol. The second-order valence-electron chi connectivity index (χ2n) is 5.65. The van der Waals surface area contributed by atoms with E-state index in [0.717, 1.165) is 0 Å². The van der Waals surface area contributed by atoms with E-state index in [1.807, 2.05) is 0 Å². The standard InChI is InChI=1S/C19H14N2O4S/c1-25-19(22)15-9-5-11-16-17(15)14-10-6-12-20-18(14)21(16)26(23,24)13-7-3-2-4-8-13/h2-12H,1H3. The first-order valence-electron chi connectivity index (χ1n) is 7.83. The fourth-order valence-electron chi connectivity index (χ4n) is 3.08. The molecular formula is C19H14N2O4S. The third-order valence-corrected chi connectivity index (χ3v) is 5.91. The number of fused-ring (bicyclic) bond motifs is 3. The minimum atomic E-state index is -3.90. The van der Waals surface area contributed by atoms with Gasteiger partial charge in [-0.15, -0.1) is 0 Å². The summed E-state index contributed by atoms with van der Waals surface area (Å²) in [5, 5.41) is 1.07. The lowest BCUT2D eigenvalue weighted by Crippen LogP contribution is -2.13. The molecule has 2 aromatic carbocycles. The highest BCUT2D eigenvalue weighted by molar-refractivity contribution is 7.90. The summed E-state index contributed by atoms with van der Waals surface area (Å²) in [5.74, 6) is -0.532. The minimum absolute atomic E-state index is 0.146. The van der Waals surface area contributed by atoms with Gasteiger partial charge < -0.3 is 4.74 Å². The van der Waals surface area contributed by atoms with Crippen LogP contribution in [0.4, 0.5) is 0 Å². The molecule has 4 rings (SSSR count). The first kappa shape index (κ1) is 16.3. The molecule has 0 saturated carbocycles. The predicted molar refractivity (Wildman–Crippen MR) is 97.6 cm³/mol. The van der Waals surface area contributed by atoms with Gasteiger partial charge in [0.15, 0.2) is 5.65 Å². The zero-order chi connectivity index (χ0) is 18.3. The van der Waals surface area contributed by atoms with Crippen LogP contribution in [0.1, 0.15) is 10.4 Å². The van der Waals surface area contributed by atoms with Gasteiger partial charge in [-0.25, -0.2) is 22.2 Å². The number of hydrogen-bond acceptors (Lipinski definition) is 5. The van der Waals surface area contributed by atoms with E-state index in [-0.39, 0.29) is 10.5 Å². The Morgan fingerprint density at radius 3 is 2.50 bits per heavy atom. The highest BCUT2D eigenvalue weighted by Gasteiger charge is 2.26. The molecule has 0 spiro atoms. The topological polar surface area (TPSA) is 78.3 Å². The Kier molecular flexibility index (Phi) is 3.73. The van der Waals surface area contributed by atoms with Crippen molar-refractivity contribution >= 4 is 37.9 Å². The Bertz CT molecular complexity index is 1240. The van der Waals surface area contributed by atoms with Gasteiger partial charge in [-0.05, 0) is 36.4 Å². The van der Waals surface area contributed by atoms with Crippen LogP contribution in [0, 0.1) is 0 Å². The van der Waals surface area contributed by atoms with E-state index in [2.05, 4.69) is 4.98 Å². The van der Waals surface area contributed by atoms with Crippen molar-refractivity contribution in [3.8, 4) is 0 Å². The quantitative estimate of drug-likeness (QED) is 0.520. The molecule has 6 nitrogen and oxygen atoms in total. The lowest BCUT2D eigenvalue weighted by atomic mass is 10.1. The van der Waals surface area contributed by atoms with Gasteiger partial charge in [0.05, 0.1) is 23.1 Å². The number of esters is 1. The van der Waals surface area contributed by atoms with Gasteiger partial charge in [0.25, 0.3) is 10.0 Å². The molecule has 130 valence electrons. The highest BCUT2D eigenvalue weighted by atomic mass is 32.2. The summed E-state index contributed by atoms with van der Waals surface area (Å²) in [6.45, 7) is 0. The normalized spacial score (nSPS) is 11.7. The molecule has 0 aliphatic carbocycles. The van der Waals surface area contributed by atoms with E-state index in [4.69, 9.17) is 4.74 Å². The molecule has 0 saturated heterocycles. The summed E-state index contributed by atoms with van der Waals surface area (Å²) in [4.78, 5) is 16.6. The van der Waals surface area contributed by atoms with Crippen LogP contribution in [-0.2, 0) is 14.8 Å². The van der Waals surface area contributed by atoms with Crippen molar-refractivity contribution < 1.29 is 17.9 Å². The molecule has 7 heteroatoms. The molecule has 0 aliphatic heterocycles. The Hall–Kier alpha value is -3.19. The van der Waals surface area contributed by atoms with Gasteiger partial charge in [-0.2, -0.15) is 0 Å². The molecular weight excluding hydrogens is 352 g/mol. The zero-order valence-electron chi connectivity index (χ0n) is 13.8. The van der Waals surface area contributed by atoms with Crippen LogP contribution in [0.3, 0.4) is 0 Å². The second-order valence-corrected chi connectivity index (χ2v) is 7.44. The van der Waals surface area contributed by atoms with Crippen molar-refractivity contribution in [2.45, 2.75) is 4.90 Å². The van der Waals surface area contributed by atoms with Crippen LogP contribution >= 0.6 is 0 Å². The van der Waals surface area contributed by atoms with Gasteiger partial charge >= 0.3 is 5.97 Å². The first-order chi connectivity index (χ1) is 12.6. The van der Waals surface area contributed by atoms with Crippen molar-refractivity contribution in [3.05, 3.63) is 72.4 Å². The lowest BCUT2D eigenvalue weighted by Gasteiger charge is -2.08. The Labute approximate surface area is 149 Å². The van der Waals surface area contributed by atoms with Crippen LogP contribution < -0.4 is 0 Å². The van der Waals surface area contributed by atoms with Gasteiger partial charge in [0, 0.05) is 17.0 Å². The number of benzene rings is 2. The number of ether oxygens (including phenoxy) is 1. The van der Waals surface area contributed by atoms with E-state index in [9.17, 15) is 13.2 Å². The number of rotatable bonds is 3. The van der Waals surface area contributed by atoms with Crippen molar-refractivity contribution in [2.24, 2.45) is 0 Å². The molecule has 26 heavy (non-hydrogen) atoms. The van der Waals surface area contributed by atoms with Gasteiger partial charge in [0.1, 0.15) is 0 Å². The molecule has 0 fully saturated rings. The molecule has 0 atom stereocenters. The van der Waals surface area contributed by atoms with E-state index in [1.54, 1.807) is 48.5 Å². The number of nitrogens with zero attached hydrogens (tertiary/aromatic N) is 2. The number of aromatic nitrogens is 2. The zero-order valence-corrected chi connectivity index (χ0v) is 14.6. The molecule has 0 amide bonds.